The van der Waals surface area contributed by atoms with Gasteiger partial charge in [-0.15, -0.1) is 0 Å². The molecular formula is C19H28N4O3. The van der Waals surface area contributed by atoms with Crippen molar-refractivity contribution in [2.45, 2.75) is 25.9 Å². The van der Waals surface area contributed by atoms with Crippen molar-refractivity contribution in [3.05, 3.63) is 35.4 Å². The molecule has 0 saturated carbocycles. The number of benzene rings is 1. The van der Waals surface area contributed by atoms with Crippen LogP contribution in [0.2, 0.25) is 0 Å². The number of amides is 3. The Morgan fingerprint density at radius 3 is 2.50 bits per heavy atom. The van der Waals surface area contributed by atoms with Gasteiger partial charge in [-0.3, -0.25) is 9.69 Å². The Morgan fingerprint density at radius 1 is 1.00 bits per heavy atom. The van der Waals surface area contributed by atoms with E-state index < -0.39 is 0 Å². The Morgan fingerprint density at radius 2 is 1.73 bits per heavy atom. The van der Waals surface area contributed by atoms with E-state index in [2.05, 4.69) is 27.7 Å². The highest BCUT2D eigenvalue weighted by molar-refractivity contribution is 5.84. The standard InChI is InChI=1S/C19H28N4O3/c24-18(23-6-1-2-7-23)14-21-19(25)20-13-16-4-3-5-17(12-16)15-22-8-10-26-11-9-22/h3-5,12H,1-2,6-11,13-15H2,(H2,20,21,25). The first kappa shape index (κ1) is 18.7. The molecule has 0 spiro atoms. The van der Waals surface area contributed by atoms with E-state index in [9.17, 15) is 9.59 Å². The molecule has 0 radical (unpaired) electrons. The number of nitrogens with zero attached hydrogens (tertiary/aromatic N) is 2. The van der Waals surface area contributed by atoms with Gasteiger partial charge in [0.25, 0.3) is 0 Å². The molecular weight excluding hydrogens is 332 g/mol. The molecule has 3 amide bonds. The molecule has 2 heterocycles. The van der Waals surface area contributed by atoms with E-state index in [1.54, 1.807) is 4.90 Å². The van der Waals surface area contributed by atoms with Crippen LogP contribution in [0.5, 0.6) is 0 Å². The number of carbonyl (C=O) groups excluding carboxylic acids is 2. The second kappa shape index (κ2) is 9.54. The van der Waals surface area contributed by atoms with E-state index in [1.807, 2.05) is 12.1 Å². The quantitative estimate of drug-likeness (QED) is 0.792. The average molecular weight is 360 g/mol. The molecule has 142 valence electrons. The second-order valence-electron chi connectivity index (χ2n) is 6.83. The number of morpholine rings is 1. The third kappa shape index (κ3) is 5.71. The maximum absolute atomic E-state index is 11.9. The number of rotatable bonds is 6. The highest BCUT2D eigenvalue weighted by Crippen LogP contribution is 2.10. The largest absolute Gasteiger partial charge is 0.379 e. The molecule has 0 aromatic heterocycles. The van der Waals surface area contributed by atoms with Gasteiger partial charge in [0, 0.05) is 39.3 Å². The first-order valence-corrected chi connectivity index (χ1v) is 9.38. The minimum Gasteiger partial charge on any atom is -0.379 e. The lowest BCUT2D eigenvalue weighted by Crippen LogP contribution is -2.42. The van der Waals surface area contributed by atoms with Crippen molar-refractivity contribution in [3.8, 4) is 0 Å². The van der Waals surface area contributed by atoms with E-state index in [-0.39, 0.29) is 18.5 Å². The first-order valence-electron chi connectivity index (χ1n) is 9.38. The van der Waals surface area contributed by atoms with E-state index in [0.29, 0.717) is 6.54 Å². The predicted octanol–water partition coefficient (Wildman–Crippen LogP) is 0.940. The average Bonchev–Trinajstić information content (AvgIpc) is 3.20. The molecule has 0 aliphatic carbocycles. The molecule has 2 aliphatic rings. The van der Waals surface area contributed by atoms with Crippen LogP contribution in [0.1, 0.15) is 24.0 Å². The molecule has 2 saturated heterocycles. The topological polar surface area (TPSA) is 73.9 Å². The molecule has 3 rings (SSSR count). The zero-order chi connectivity index (χ0) is 18.2. The van der Waals surface area contributed by atoms with Gasteiger partial charge in [0.15, 0.2) is 0 Å². The van der Waals surface area contributed by atoms with Gasteiger partial charge in [0.2, 0.25) is 5.91 Å². The maximum atomic E-state index is 11.9. The molecule has 1 aromatic carbocycles. The lowest BCUT2D eigenvalue weighted by atomic mass is 10.1. The number of carbonyl (C=O) groups is 2. The molecule has 0 unspecified atom stereocenters. The molecule has 1 aromatic rings. The number of hydrogen-bond acceptors (Lipinski definition) is 4. The highest BCUT2D eigenvalue weighted by atomic mass is 16.5. The minimum atomic E-state index is -0.309. The number of ether oxygens (including phenoxy) is 1. The smallest absolute Gasteiger partial charge is 0.315 e. The molecule has 2 fully saturated rings. The Hall–Kier alpha value is -2.12. The molecule has 0 atom stereocenters. The van der Waals surface area contributed by atoms with Gasteiger partial charge in [-0.1, -0.05) is 24.3 Å². The summed E-state index contributed by atoms with van der Waals surface area (Å²) in [6.07, 6.45) is 2.11. The SMILES string of the molecule is O=C(NCC(=O)N1CCCC1)NCc1cccc(CN2CCOCC2)c1. The summed E-state index contributed by atoms with van der Waals surface area (Å²) in [5, 5.41) is 5.47. The van der Waals surface area contributed by atoms with Crippen LogP contribution < -0.4 is 10.6 Å². The van der Waals surface area contributed by atoms with Crippen LogP contribution in [0.15, 0.2) is 24.3 Å². The number of nitrogens with one attached hydrogen (secondary N) is 2. The normalized spacial score (nSPS) is 17.9. The number of hydrogen-bond donors (Lipinski definition) is 2. The van der Waals surface area contributed by atoms with Crippen LogP contribution in [0.25, 0.3) is 0 Å². The fourth-order valence-corrected chi connectivity index (χ4v) is 3.33. The Bertz CT molecular complexity index is 611. The second-order valence-corrected chi connectivity index (χ2v) is 6.83. The summed E-state index contributed by atoms with van der Waals surface area (Å²) in [6, 6.07) is 7.93. The first-order chi connectivity index (χ1) is 12.7. The maximum Gasteiger partial charge on any atom is 0.315 e. The fourth-order valence-electron chi connectivity index (χ4n) is 3.33. The van der Waals surface area contributed by atoms with Crippen LogP contribution in [0, 0.1) is 0 Å². The van der Waals surface area contributed by atoms with Crippen LogP contribution in [0.3, 0.4) is 0 Å². The van der Waals surface area contributed by atoms with Gasteiger partial charge in [0.05, 0.1) is 19.8 Å². The molecule has 2 N–H and O–H groups in total. The number of urea groups is 1. The molecule has 26 heavy (non-hydrogen) atoms. The summed E-state index contributed by atoms with van der Waals surface area (Å²) in [5.41, 5.74) is 2.28. The lowest BCUT2D eigenvalue weighted by Gasteiger charge is -2.26. The number of likely N-dealkylation sites (tertiary alicyclic amines) is 1. The van der Waals surface area contributed by atoms with Gasteiger partial charge in [-0.2, -0.15) is 0 Å². The predicted molar refractivity (Wildman–Crippen MR) is 98.6 cm³/mol. The zero-order valence-corrected chi connectivity index (χ0v) is 15.2. The van der Waals surface area contributed by atoms with E-state index in [0.717, 1.165) is 64.3 Å². The summed E-state index contributed by atoms with van der Waals surface area (Å²) in [7, 11) is 0. The fraction of sp³-hybridized carbons (Fsp3) is 0.579. The van der Waals surface area contributed by atoms with Crippen LogP contribution in [-0.2, 0) is 22.6 Å². The van der Waals surface area contributed by atoms with E-state index in [1.165, 1.54) is 5.56 Å². The van der Waals surface area contributed by atoms with Crippen molar-refractivity contribution >= 4 is 11.9 Å². The van der Waals surface area contributed by atoms with Crippen molar-refractivity contribution in [1.82, 2.24) is 20.4 Å². The van der Waals surface area contributed by atoms with Crippen LogP contribution >= 0.6 is 0 Å². The Balaban J connectivity index is 1.40. The minimum absolute atomic E-state index is 0.00911. The van der Waals surface area contributed by atoms with E-state index in [4.69, 9.17) is 4.74 Å². The molecule has 7 heteroatoms. The van der Waals surface area contributed by atoms with Crippen LogP contribution in [0.4, 0.5) is 4.79 Å². The van der Waals surface area contributed by atoms with Gasteiger partial charge >= 0.3 is 6.03 Å². The summed E-state index contributed by atoms with van der Waals surface area (Å²) in [6.45, 7) is 6.49. The van der Waals surface area contributed by atoms with Crippen molar-refractivity contribution in [3.63, 3.8) is 0 Å². The van der Waals surface area contributed by atoms with Crippen molar-refractivity contribution in [1.29, 1.82) is 0 Å². The van der Waals surface area contributed by atoms with E-state index >= 15 is 0 Å². The Kier molecular flexibility index (Phi) is 6.85. The Labute approximate surface area is 154 Å². The van der Waals surface area contributed by atoms with Gasteiger partial charge in [-0.05, 0) is 24.0 Å². The van der Waals surface area contributed by atoms with Gasteiger partial charge < -0.3 is 20.3 Å². The summed E-state index contributed by atoms with van der Waals surface area (Å²) in [4.78, 5) is 28.0. The lowest BCUT2D eigenvalue weighted by molar-refractivity contribution is -0.128. The monoisotopic (exact) mass is 360 g/mol. The molecule has 7 nitrogen and oxygen atoms in total. The van der Waals surface area contributed by atoms with Crippen molar-refractivity contribution in [2.24, 2.45) is 0 Å². The van der Waals surface area contributed by atoms with Crippen molar-refractivity contribution < 1.29 is 14.3 Å². The zero-order valence-electron chi connectivity index (χ0n) is 15.2. The summed E-state index contributed by atoms with van der Waals surface area (Å²) < 4.78 is 5.38. The molecule has 0 bridgehead atoms. The van der Waals surface area contributed by atoms with Gasteiger partial charge in [0.1, 0.15) is 0 Å². The van der Waals surface area contributed by atoms with Crippen LogP contribution in [-0.4, -0.2) is 67.7 Å². The third-order valence-electron chi connectivity index (χ3n) is 4.81. The summed E-state index contributed by atoms with van der Waals surface area (Å²) >= 11 is 0. The highest BCUT2D eigenvalue weighted by Gasteiger charge is 2.18. The van der Waals surface area contributed by atoms with Crippen molar-refractivity contribution in [2.75, 3.05) is 45.9 Å². The van der Waals surface area contributed by atoms with Gasteiger partial charge in [-0.25, -0.2) is 4.79 Å². The molecule has 2 aliphatic heterocycles. The summed E-state index contributed by atoms with van der Waals surface area (Å²) in [5.74, 6) is -0.00911. The third-order valence-corrected chi connectivity index (χ3v) is 4.81.